The molecule has 18 heavy (non-hydrogen) atoms. The Hall–Kier alpha value is -0.570. The molecule has 100 valence electrons. The molecular formula is C15H22ClNO. The first kappa shape index (κ1) is 13.9. The van der Waals surface area contributed by atoms with E-state index < -0.39 is 0 Å². The monoisotopic (exact) mass is 267 g/mol. The Morgan fingerprint density at radius 2 is 2.11 bits per heavy atom. The van der Waals surface area contributed by atoms with Gasteiger partial charge in [0, 0.05) is 24.2 Å². The Labute approximate surface area is 115 Å². The van der Waals surface area contributed by atoms with E-state index in [1.54, 1.807) is 0 Å². The van der Waals surface area contributed by atoms with E-state index in [1.807, 2.05) is 25.3 Å². The van der Waals surface area contributed by atoms with Gasteiger partial charge in [-0.25, -0.2) is 0 Å². The number of ether oxygens (including phenoxy) is 1. The molecule has 3 heteroatoms. The van der Waals surface area contributed by atoms with Crippen molar-refractivity contribution in [3.63, 3.8) is 0 Å². The molecular weight excluding hydrogens is 246 g/mol. The molecule has 1 aliphatic carbocycles. The van der Waals surface area contributed by atoms with Crippen molar-refractivity contribution in [1.82, 2.24) is 5.32 Å². The van der Waals surface area contributed by atoms with E-state index in [4.69, 9.17) is 16.3 Å². The van der Waals surface area contributed by atoms with Gasteiger partial charge in [-0.3, -0.25) is 0 Å². The van der Waals surface area contributed by atoms with Crippen molar-refractivity contribution < 1.29 is 4.74 Å². The third-order valence-corrected chi connectivity index (χ3v) is 4.16. The van der Waals surface area contributed by atoms with Crippen LogP contribution >= 0.6 is 11.6 Å². The second-order valence-electron chi connectivity index (χ2n) is 5.13. The largest absolute Gasteiger partial charge is 0.381 e. The van der Waals surface area contributed by atoms with Crippen molar-refractivity contribution in [3.05, 3.63) is 34.9 Å². The molecule has 3 atom stereocenters. The van der Waals surface area contributed by atoms with Crippen LogP contribution in [0.15, 0.2) is 24.3 Å². The minimum atomic E-state index is 0.291. The zero-order chi connectivity index (χ0) is 13.0. The van der Waals surface area contributed by atoms with Crippen LogP contribution < -0.4 is 5.32 Å². The summed E-state index contributed by atoms with van der Waals surface area (Å²) in [7, 11) is 1.81. The van der Waals surface area contributed by atoms with Crippen molar-refractivity contribution in [2.24, 2.45) is 0 Å². The highest BCUT2D eigenvalue weighted by atomic mass is 35.5. The molecule has 1 saturated carbocycles. The first-order chi connectivity index (χ1) is 8.70. The van der Waals surface area contributed by atoms with Crippen molar-refractivity contribution in [2.75, 3.05) is 7.11 Å². The van der Waals surface area contributed by atoms with Crippen LogP contribution in [0.1, 0.15) is 44.2 Å². The van der Waals surface area contributed by atoms with Gasteiger partial charge in [-0.1, -0.05) is 29.8 Å². The molecule has 1 aliphatic rings. The van der Waals surface area contributed by atoms with Gasteiger partial charge in [0.1, 0.15) is 0 Å². The van der Waals surface area contributed by atoms with Gasteiger partial charge in [-0.2, -0.15) is 0 Å². The van der Waals surface area contributed by atoms with E-state index in [-0.39, 0.29) is 0 Å². The normalized spacial score (nSPS) is 25.9. The van der Waals surface area contributed by atoms with Crippen molar-refractivity contribution >= 4 is 11.6 Å². The number of hydrogen-bond donors (Lipinski definition) is 1. The fourth-order valence-electron chi connectivity index (χ4n) is 2.78. The Balaban J connectivity index is 1.95. The Morgan fingerprint density at radius 1 is 1.33 bits per heavy atom. The van der Waals surface area contributed by atoms with Gasteiger partial charge in [-0.15, -0.1) is 0 Å². The predicted octanol–water partition coefficient (Wildman–Crippen LogP) is 3.95. The summed E-state index contributed by atoms with van der Waals surface area (Å²) >= 11 is 6.23. The summed E-state index contributed by atoms with van der Waals surface area (Å²) in [6, 6.07) is 8.89. The van der Waals surface area contributed by atoms with Crippen LogP contribution in [-0.4, -0.2) is 19.3 Å². The van der Waals surface area contributed by atoms with Gasteiger partial charge < -0.3 is 10.1 Å². The van der Waals surface area contributed by atoms with Gasteiger partial charge in [0.05, 0.1) is 6.10 Å². The lowest BCUT2D eigenvalue weighted by Crippen LogP contribution is -2.38. The molecule has 1 N–H and O–H groups in total. The molecule has 2 rings (SSSR count). The highest BCUT2D eigenvalue weighted by Crippen LogP contribution is 2.26. The van der Waals surface area contributed by atoms with Gasteiger partial charge in [0.15, 0.2) is 0 Å². The number of hydrogen-bond acceptors (Lipinski definition) is 2. The Kier molecular flexibility index (Phi) is 5.04. The number of halogens is 1. The van der Waals surface area contributed by atoms with Crippen LogP contribution in [0.5, 0.6) is 0 Å². The quantitative estimate of drug-likeness (QED) is 0.892. The molecule has 1 fully saturated rings. The van der Waals surface area contributed by atoms with Crippen LogP contribution in [0.25, 0.3) is 0 Å². The second-order valence-corrected chi connectivity index (χ2v) is 5.54. The van der Waals surface area contributed by atoms with Gasteiger partial charge in [-0.05, 0) is 44.2 Å². The number of methoxy groups -OCH3 is 1. The molecule has 0 radical (unpaired) electrons. The molecule has 0 bridgehead atoms. The Bertz CT molecular complexity index is 383. The Morgan fingerprint density at radius 3 is 2.83 bits per heavy atom. The summed E-state index contributed by atoms with van der Waals surface area (Å²) in [6.45, 7) is 2.18. The smallest absolute Gasteiger partial charge is 0.0586 e. The van der Waals surface area contributed by atoms with Crippen LogP contribution in [0, 0.1) is 0 Å². The zero-order valence-electron chi connectivity index (χ0n) is 11.2. The van der Waals surface area contributed by atoms with Crippen LogP contribution in [0.2, 0.25) is 5.02 Å². The zero-order valence-corrected chi connectivity index (χ0v) is 11.9. The highest BCUT2D eigenvalue weighted by Gasteiger charge is 2.23. The summed E-state index contributed by atoms with van der Waals surface area (Å²) in [5.41, 5.74) is 1.18. The third kappa shape index (κ3) is 3.47. The molecule has 1 aromatic rings. The molecule has 0 amide bonds. The lowest BCUT2D eigenvalue weighted by Gasteiger charge is -2.31. The minimum Gasteiger partial charge on any atom is -0.381 e. The van der Waals surface area contributed by atoms with Crippen molar-refractivity contribution in [1.29, 1.82) is 0 Å². The van der Waals surface area contributed by atoms with Gasteiger partial charge >= 0.3 is 0 Å². The molecule has 0 spiro atoms. The average Bonchev–Trinajstić information content (AvgIpc) is 2.39. The first-order valence-corrected chi connectivity index (χ1v) is 7.11. The maximum Gasteiger partial charge on any atom is 0.0586 e. The van der Waals surface area contributed by atoms with E-state index in [1.165, 1.54) is 24.8 Å². The highest BCUT2D eigenvalue weighted by molar-refractivity contribution is 6.31. The van der Waals surface area contributed by atoms with Crippen LogP contribution in [0.4, 0.5) is 0 Å². The summed E-state index contributed by atoms with van der Waals surface area (Å²) in [5, 5.41) is 4.52. The van der Waals surface area contributed by atoms with E-state index >= 15 is 0 Å². The number of benzene rings is 1. The molecule has 1 aromatic carbocycles. The van der Waals surface area contributed by atoms with Gasteiger partial charge in [0.2, 0.25) is 0 Å². The summed E-state index contributed by atoms with van der Waals surface area (Å²) in [6.07, 6.45) is 5.18. The first-order valence-electron chi connectivity index (χ1n) is 6.74. The number of rotatable bonds is 4. The van der Waals surface area contributed by atoms with Crippen molar-refractivity contribution in [2.45, 2.75) is 50.8 Å². The van der Waals surface area contributed by atoms with E-state index in [0.717, 1.165) is 11.4 Å². The van der Waals surface area contributed by atoms with Gasteiger partial charge in [0.25, 0.3) is 0 Å². The fourth-order valence-corrected chi connectivity index (χ4v) is 3.08. The number of nitrogens with one attached hydrogen (secondary N) is 1. The molecule has 3 unspecified atom stereocenters. The van der Waals surface area contributed by atoms with E-state index in [0.29, 0.717) is 18.2 Å². The topological polar surface area (TPSA) is 21.3 Å². The van der Waals surface area contributed by atoms with Crippen LogP contribution in [-0.2, 0) is 4.74 Å². The summed E-state index contributed by atoms with van der Waals surface area (Å²) in [4.78, 5) is 0. The standard InChI is InChI=1S/C15H22ClNO/c1-11(14-8-3-4-9-15(14)16)17-12-6-5-7-13(10-12)18-2/h3-4,8-9,11-13,17H,5-7,10H2,1-2H3. The lowest BCUT2D eigenvalue weighted by molar-refractivity contribution is 0.0572. The molecule has 0 saturated heterocycles. The SMILES string of the molecule is COC1CCCC(NC(C)c2ccccc2Cl)C1. The second kappa shape index (κ2) is 6.55. The third-order valence-electron chi connectivity index (χ3n) is 3.82. The predicted molar refractivity (Wildman–Crippen MR) is 76.1 cm³/mol. The van der Waals surface area contributed by atoms with Crippen LogP contribution in [0.3, 0.4) is 0 Å². The average molecular weight is 268 g/mol. The molecule has 0 heterocycles. The maximum absolute atomic E-state index is 6.23. The van der Waals surface area contributed by atoms with E-state index in [9.17, 15) is 0 Å². The minimum absolute atomic E-state index is 0.291. The maximum atomic E-state index is 6.23. The summed E-state index contributed by atoms with van der Waals surface area (Å²) < 4.78 is 5.47. The molecule has 2 nitrogen and oxygen atoms in total. The molecule has 0 aliphatic heterocycles. The van der Waals surface area contributed by atoms with E-state index in [2.05, 4.69) is 18.3 Å². The van der Waals surface area contributed by atoms with Crippen molar-refractivity contribution in [3.8, 4) is 0 Å². The summed E-state index contributed by atoms with van der Waals surface area (Å²) in [5.74, 6) is 0. The lowest BCUT2D eigenvalue weighted by atomic mass is 9.92. The molecule has 0 aromatic heterocycles. The fraction of sp³-hybridized carbons (Fsp3) is 0.600.